The number of amides is 2. The molecule has 2 aliphatic rings. The summed E-state index contributed by atoms with van der Waals surface area (Å²) in [5.74, 6) is -0.671. The third-order valence-corrected chi connectivity index (χ3v) is 7.31. The highest BCUT2D eigenvalue weighted by Crippen LogP contribution is 2.26. The van der Waals surface area contributed by atoms with E-state index >= 15 is 0 Å². The Morgan fingerprint density at radius 2 is 2.15 bits per heavy atom. The van der Waals surface area contributed by atoms with Gasteiger partial charge >= 0.3 is 0 Å². The Labute approximate surface area is 160 Å². The highest BCUT2D eigenvalue weighted by molar-refractivity contribution is 7.91. The number of sulfone groups is 1. The lowest BCUT2D eigenvalue weighted by molar-refractivity contribution is -0.133. The van der Waals surface area contributed by atoms with E-state index in [1.165, 1.54) is 5.01 Å². The molecule has 27 heavy (non-hydrogen) atoms. The van der Waals surface area contributed by atoms with Gasteiger partial charge in [-0.15, -0.1) is 11.3 Å². The molecule has 0 aliphatic carbocycles. The molecule has 0 radical (unpaired) electrons. The first-order valence-electron chi connectivity index (χ1n) is 8.59. The van der Waals surface area contributed by atoms with Gasteiger partial charge in [0.1, 0.15) is 5.71 Å². The number of nitrogens with one attached hydrogen (secondary N) is 1. The van der Waals surface area contributed by atoms with E-state index in [9.17, 15) is 18.0 Å². The topological polar surface area (TPSA) is 109 Å². The molecule has 2 aromatic rings. The molecule has 3 heterocycles. The van der Waals surface area contributed by atoms with Crippen LogP contribution in [0.5, 0.6) is 0 Å². The quantitative estimate of drug-likeness (QED) is 0.835. The zero-order chi connectivity index (χ0) is 19.2. The summed E-state index contributed by atoms with van der Waals surface area (Å²) in [5, 5.41) is 9.14. The lowest BCUT2D eigenvalue weighted by Gasteiger charge is -2.27. The Hall–Kier alpha value is -2.33. The molecule has 1 fully saturated rings. The predicted octanol–water partition coefficient (Wildman–Crippen LogP) is 1.71. The first kappa shape index (κ1) is 18.1. The number of nitrogens with zero attached hydrogens (tertiary/aromatic N) is 3. The molecule has 1 aromatic carbocycles. The molecule has 1 atom stereocenters. The molecule has 0 spiro atoms. The van der Waals surface area contributed by atoms with Crippen molar-refractivity contribution < 1.29 is 18.0 Å². The van der Waals surface area contributed by atoms with Crippen LogP contribution in [0.1, 0.15) is 24.3 Å². The minimum absolute atomic E-state index is 0.0484. The van der Waals surface area contributed by atoms with Crippen molar-refractivity contribution in [3.8, 4) is 0 Å². The zero-order valence-electron chi connectivity index (χ0n) is 14.6. The molecule has 0 saturated carbocycles. The summed E-state index contributed by atoms with van der Waals surface area (Å²) in [5.41, 5.74) is 1.75. The third-order valence-electron chi connectivity index (χ3n) is 4.63. The maximum atomic E-state index is 12.6. The van der Waals surface area contributed by atoms with Crippen molar-refractivity contribution >= 4 is 54.6 Å². The molecular formula is C17H18N4O4S2. The van der Waals surface area contributed by atoms with E-state index in [-0.39, 0.29) is 41.9 Å². The number of anilines is 1. The third kappa shape index (κ3) is 3.72. The van der Waals surface area contributed by atoms with Gasteiger partial charge in [-0.3, -0.25) is 9.59 Å². The van der Waals surface area contributed by atoms with Gasteiger partial charge < -0.3 is 5.32 Å². The van der Waals surface area contributed by atoms with Crippen molar-refractivity contribution in [1.82, 2.24) is 9.99 Å². The zero-order valence-corrected chi connectivity index (χ0v) is 16.3. The van der Waals surface area contributed by atoms with Crippen LogP contribution in [-0.4, -0.2) is 53.5 Å². The number of aryl methyl sites for hydroxylation is 1. The molecule has 1 aromatic heterocycles. The highest BCUT2D eigenvalue weighted by atomic mass is 32.2. The molecule has 10 heteroatoms. The normalized spacial score (nSPS) is 22.1. The SMILES string of the molecule is Cc1nc2ccc(NC(=O)C3=NN(C4CCS(=O)(=O)C4)C(=O)CC3)cc2s1. The molecule has 1 saturated heterocycles. The van der Waals surface area contributed by atoms with Crippen molar-refractivity contribution in [3.05, 3.63) is 23.2 Å². The summed E-state index contributed by atoms with van der Waals surface area (Å²) < 4.78 is 24.3. The van der Waals surface area contributed by atoms with Crippen molar-refractivity contribution in [3.63, 3.8) is 0 Å². The number of rotatable bonds is 3. The summed E-state index contributed by atoms with van der Waals surface area (Å²) >= 11 is 1.54. The van der Waals surface area contributed by atoms with Crippen LogP contribution in [0.15, 0.2) is 23.3 Å². The lowest BCUT2D eigenvalue weighted by atomic mass is 10.1. The molecule has 0 bridgehead atoms. The second kappa shape index (κ2) is 6.68. The molecular weight excluding hydrogens is 388 g/mol. The first-order valence-corrected chi connectivity index (χ1v) is 11.2. The van der Waals surface area contributed by atoms with Crippen molar-refractivity contribution in [1.29, 1.82) is 0 Å². The molecule has 2 aliphatic heterocycles. The predicted molar refractivity (Wildman–Crippen MR) is 104 cm³/mol. The maximum Gasteiger partial charge on any atom is 0.271 e. The van der Waals surface area contributed by atoms with E-state index in [1.807, 2.05) is 19.1 Å². The lowest BCUT2D eigenvalue weighted by Crippen LogP contribution is -2.42. The Kier molecular flexibility index (Phi) is 4.47. The molecule has 1 N–H and O–H groups in total. The average molecular weight is 406 g/mol. The summed E-state index contributed by atoms with van der Waals surface area (Å²) in [6.07, 6.45) is 0.742. The van der Waals surface area contributed by atoms with Crippen LogP contribution in [0.4, 0.5) is 5.69 Å². The summed E-state index contributed by atoms with van der Waals surface area (Å²) in [6.45, 7) is 1.93. The maximum absolute atomic E-state index is 12.6. The molecule has 2 amide bonds. The van der Waals surface area contributed by atoms with Gasteiger partial charge in [-0.1, -0.05) is 0 Å². The van der Waals surface area contributed by atoms with E-state index < -0.39 is 15.9 Å². The largest absolute Gasteiger partial charge is 0.321 e. The Morgan fingerprint density at radius 1 is 1.33 bits per heavy atom. The van der Waals surface area contributed by atoms with Gasteiger partial charge in [-0.2, -0.15) is 5.10 Å². The van der Waals surface area contributed by atoms with Gasteiger partial charge in [0.25, 0.3) is 5.91 Å². The molecule has 142 valence electrons. The number of hydrogen-bond acceptors (Lipinski definition) is 7. The number of aromatic nitrogens is 1. The second-order valence-electron chi connectivity index (χ2n) is 6.71. The summed E-state index contributed by atoms with van der Waals surface area (Å²) in [4.78, 5) is 29.1. The van der Waals surface area contributed by atoms with Gasteiger partial charge in [0, 0.05) is 18.5 Å². The van der Waals surface area contributed by atoms with Crippen LogP contribution in [0.3, 0.4) is 0 Å². The molecule has 4 rings (SSSR count). The van der Waals surface area contributed by atoms with Gasteiger partial charge in [0.15, 0.2) is 9.84 Å². The summed E-state index contributed by atoms with van der Waals surface area (Å²) in [7, 11) is -3.14. The van der Waals surface area contributed by atoms with E-state index in [4.69, 9.17) is 0 Å². The summed E-state index contributed by atoms with van der Waals surface area (Å²) in [6, 6.07) is 4.99. The number of hydrazone groups is 1. The smallest absolute Gasteiger partial charge is 0.271 e. The second-order valence-corrected chi connectivity index (χ2v) is 10.2. The van der Waals surface area contributed by atoms with Crippen LogP contribution in [0.25, 0.3) is 10.2 Å². The van der Waals surface area contributed by atoms with E-state index in [1.54, 1.807) is 17.4 Å². The number of benzene rings is 1. The Morgan fingerprint density at radius 3 is 2.89 bits per heavy atom. The Bertz CT molecular complexity index is 1070. The average Bonchev–Trinajstić information content (AvgIpc) is 3.15. The van der Waals surface area contributed by atoms with E-state index in [0.717, 1.165) is 15.2 Å². The van der Waals surface area contributed by atoms with E-state index in [2.05, 4.69) is 15.4 Å². The fraction of sp³-hybridized carbons (Fsp3) is 0.412. The van der Waals surface area contributed by atoms with Crippen LogP contribution >= 0.6 is 11.3 Å². The van der Waals surface area contributed by atoms with Gasteiger partial charge in [0.2, 0.25) is 5.91 Å². The van der Waals surface area contributed by atoms with Crippen LogP contribution in [0, 0.1) is 6.92 Å². The number of hydrogen-bond donors (Lipinski definition) is 1. The van der Waals surface area contributed by atoms with Crippen molar-refractivity contribution in [2.24, 2.45) is 5.10 Å². The fourth-order valence-electron chi connectivity index (χ4n) is 3.31. The van der Waals surface area contributed by atoms with Crippen LogP contribution < -0.4 is 5.32 Å². The fourth-order valence-corrected chi connectivity index (χ4v) is 5.87. The molecule has 1 unspecified atom stereocenters. The van der Waals surface area contributed by atoms with Crippen molar-refractivity contribution in [2.75, 3.05) is 16.8 Å². The number of thiazole rings is 1. The van der Waals surface area contributed by atoms with Gasteiger partial charge in [-0.25, -0.2) is 18.4 Å². The minimum atomic E-state index is -3.14. The number of fused-ring (bicyclic) bond motifs is 1. The minimum Gasteiger partial charge on any atom is -0.321 e. The first-order chi connectivity index (χ1) is 12.8. The van der Waals surface area contributed by atoms with Crippen molar-refractivity contribution in [2.45, 2.75) is 32.2 Å². The van der Waals surface area contributed by atoms with Crippen LogP contribution in [0.2, 0.25) is 0 Å². The highest BCUT2D eigenvalue weighted by Gasteiger charge is 2.37. The van der Waals surface area contributed by atoms with Gasteiger partial charge in [0.05, 0.1) is 32.8 Å². The molecule has 8 nitrogen and oxygen atoms in total. The number of carbonyl (C=O) groups is 2. The number of carbonyl (C=O) groups excluding carboxylic acids is 2. The Balaban J connectivity index is 1.53. The van der Waals surface area contributed by atoms with Crippen LogP contribution in [-0.2, 0) is 19.4 Å². The standard InChI is InChI=1S/C17H18N4O4S2/c1-10-18-13-3-2-11(8-15(13)26-10)19-17(23)14-4-5-16(22)21(20-14)12-6-7-27(24,25)9-12/h2-3,8,12H,4-7,9H2,1H3,(H,19,23). The van der Waals surface area contributed by atoms with E-state index in [0.29, 0.717) is 12.1 Å². The monoisotopic (exact) mass is 406 g/mol. The van der Waals surface area contributed by atoms with Gasteiger partial charge in [-0.05, 0) is 31.5 Å².